The van der Waals surface area contributed by atoms with Gasteiger partial charge in [0.05, 0.1) is 17.6 Å². The van der Waals surface area contributed by atoms with Crippen molar-refractivity contribution in [3.8, 4) is 0 Å². The predicted octanol–water partition coefficient (Wildman–Crippen LogP) is 4.00. The Morgan fingerprint density at radius 2 is 1.86 bits per heavy atom. The number of methoxy groups -OCH3 is 1. The highest BCUT2D eigenvalue weighted by atomic mass is 16.6. The lowest BCUT2D eigenvalue weighted by Crippen LogP contribution is -2.43. The highest BCUT2D eigenvalue weighted by Gasteiger charge is 2.47. The molecule has 186 valence electrons. The van der Waals surface area contributed by atoms with E-state index in [1.165, 1.54) is 13.2 Å². The van der Waals surface area contributed by atoms with Crippen LogP contribution in [-0.2, 0) is 23.9 Å². The first kappa shape index (κ1) is 24.6. The van der Waals surface area contributed by atoms with Crippen LogP contribution < -0.4 is 5.32 Å². The first-order valence-electron chi connectivity index (χ1n) is 11.9. The highest BCUT2D eigenvalue weighted by molar-refractivity contribution is 6.12. The molecule has 35 heavy (non-hydrogen) atoms. The Kier molecular flexibility index (Phi) is 6.78. The minimum Gasteiger partial charge on any atom is -0.468 e. The third-order valence-electron chi connectivity index (χ3n) is 7.30. The van der Waals surface area contributed by atoms with Crippen molar-refractivity contribution >= 4 is 23.4 Å². The lowest BCUT2D eigenvalue weighted by atomic mass is 9.69. The van der Waals surface area contributed by atoms with Crippen LogP contribution >= 0.6 is 0 Å². The molecule has 4 rings (SSSR count). The molecule has 1 N–H and O–H groups in total. The number of hydrogen-bond donors (Lipinski definition) is 1. The van der Waals surface area contributed by atoms with E-state index in [4.69, 9.17) is 9.47 Å². The molecule has 0 aromatic heterocycles. The number of carbonyl (C=O) groups excluding carboxylic acids is 3. The second kappa shape index (κ2) is 9.64. The van der Waals surface area contributed by atoms with Gasteiger partial charge in [0, 0.05) is 34.5 Å². The van der Waals surface area contributed by atoms with Crippen LogP contribution in [0.3, 0.4) is 0 Å². The average Bonchev–Trinajstić information content (AvgIpc) is 3.31. The van der Waals surface area contributed by atoms with Crippen LogP contribution in [0, 0.1) is 28.9 Å². The second-order valence-electron chi connectivity index (χ2n) is 9.65. The maximum absolute atomic E-state index is 13.8. The summed E-state index contributed by atoms with van der Waals surface area (Å²) in [5, 5.41) is 14.9. The zero-order valence-electron chi connectivity index (χ0n) is 20.4. The molecule has 0 amide bonds. The Labute approximate surface area is 203 Å². The van der Waals surface area contributed by atoms with Crippen LogP contribution in [0.4, 0.5) is 5.69 Å². The van der Waals surface area contributed by atoms with Gasteiger partial charge in [-0.1, -0.05) is 19.1 Å². The lowest BCUT2D eigenvalue weighted by Gasteiger charge is -2.38. The van der Waals surface area contributed by atoms with Crippen molar-refractivity contribution < 1.29 is 28.8 Å². The molecular formula is C26H30N2O7. The first-order valence-corrected chi connectivity index (χ1v) is 11.9. The van der Waals surface area contributed by atoms with Gasteiger partial charge in [-0.25, -0.2) is 4.79 Å². The first-order chi connectivity index (χ1) is 16.6. The monoisotopic (exact) mass is 482 g/mol. The number of nitrogens with one attached hydrogen (secondary N) is 1. The van der Waals surface area contributed by atoms with Gasteiger partial charge < -0.3 is 14.8 Å². The molecule has 3 atom stereocenters. The summed E-state index contributed by atoms with van der Waals surface area (Å²) >= 11 is 0. The maximum Gasteiger partial charge on any atom is 0.337 e. The number of esters is 2. The average molecular weight is 483 g/mol. The number of nitro benzene ring substituents is 1. The van der Waals surface area contributed by atoms with E-state index >= 15 is 0 Å². The van der Waals surface area contributed by atoms with Gasteiger partial charge in [0.1, 0.15) is 12.0 Å². The third kappa shape index (κ3) is 4.47. The molecule has 3 aliphatic rings. The standard InChI is InChI=1S/C26H30N2O7/c1-13-9-10-16(12-19(13)28(32)33)22-21(26(31)35-17-7-5-6-8-17)15(3)27-18-11-14(2)20(25(30)34-4)24(29)23(18)22/h9-10,12,14,17,20,22,27H,5-8,11H2,1-4H3/t14-,20-,22-/m0/s1. The Bertz CT molecular complexity index is 1160. The number of ether oxygens (including phenoxy) is 2. The largest absolute Gasteiger partial charge is 0.468 e. The fourth-order valence-corrected chi connectivity index (χ4v) is 5.51. The summed E-state index contributed by atoms with van der Waals surface area (Å²) in [6.45, 7) is 5.18. The summed E-state index contributed by atoms with van der Waals surface area (Å²) in [4.78, 5) is 51.0. The lowest BCUT2D eigenvalue weighted by molar-refractivity contribution is -0.385. The SMILES string of the molecule is COC(=O)[C@@H]1C(=O)C2=C(C[C@@H]1C)NC(C)=C(C(=O)OC1CCCC1)[C@@H]2c1ccc(C)c([N+](=O)[O-])c1. The van der Waals surface area contributed by atoms with Gasteiger partial charge in [-0.3, -0.25) is 19.7 Å². The molecule has 9 heteroatoms. The van der Waals surface area contributed by atoms with Crippen molar-refractivity contribution in [2.45, 2.75) is 64.9 Å². The van der Waals surface area contributed by atoms with Crippen LogP contribution in [0.1, 0.15) is 63.0 Å². The smallest absolute Gasteiger partial charge is 0.337 e. The maximum atomic E-state index is 13.8. The molecule has 1 aliphatic heterocycles. The van der Waals surface area contributed by atoms with Crippen LogP contribution in [0.5, 0.6) is 0 Å². The van der Waals surface area contributed by atoms with Crippen molar-refractivity contribution in [2.24, 2.45) is 11.8 Å². The molecule has 0 bridgehead atoms. The van der Waals surface area contributed by atoms with E-state index in [1.54, 1.807) is 32.9 Å². The zero-order chi connectivity index (χ0) is 25.4. The van der Waals surface area contributed by atoms with E-state index < -0.39 is 34.5 Å². The molecule has 1 heterocycles. The minimum absolute atomic E-state index is 0.106. The van der Waals surface area contributed by atoms with Crippen LogP contribution in [0.2, 0.25) is 0 Å². The third-order valence-corrected chi connectivity index (χ3v) is 7.30. The predicted molar refractivity (Wildman–Crippen MR) is 126 cm³/mol. The molecule has 0 spiro atoms. The van der Waals surface area contributed by atoms with E-state index in [0.717, 1.165) is 25.7 Å². The van der Waals surface area contributed by atoms with Crippen molar-refractivity contribution in [3.05, 3.63) is 62.0 Å². The van der Waals surface area contributed by atoms with Crippen LogP contribution in [-0.4, -0.2) is 35.9 Å². The molecule has 2 aliphatic carbocycles. The molecule has 0 unspecified atom stereocenters. The van der Waals surface area contributed by atoms with Crippen molar-refractivity contribution in [2.75, 3.05) is 7.11 Å². The molecule has 1 fully saturated rings. The number of dihydropyridines is 1. The molecule has 0 saturated heterocycles. The number of nitro groups is 1. The topological polar surface area (TPSA) is 125 Å². The number of allylic oxidation sites excluding steroid dienone is 3. The molecular weight excluding hydrogens is 452 g/mol. The van der Waals surface area contributed by atoms with Gasteiger partial charge in [-0.2, -0.15) is 0 Å². The Morgan fingerprint density at radius 3 is 2.49 bits per heavy atom. The zero-order valence-corrected chi connectivity index (χ0v) is 20.4. The van der Waals surface area contributed by atoms with Gasteiger partial charge in [-0.15, -0.1) is 0 Å². The van der Waals surface area contributed by atoms with Crippen molar-refractivity contribution in [3.63, 3.8) is 0 Å². The quantitative estimate of drug-likeness (QED) is 0.289. The van der Waals surface area contributed by atoms with E-state index in [0.29, 0.717) is 28.9 Å². The van der Waals surface area contributed by atoms with Gasteiger partial charge in [0.2, 0.25) is 0 Å². The summed E-state index contributed by atoms with van der Waals surface area (Å²) < 4.78 is 10.7. The minimum atomic E-state index is -1.02. The molecule has 0 radical (unpaired) electrons. The number of Topliss-reactive ketones (excluding diaryl/α,β-unsaturated/α-hetero) is 1. The molecule has 9 nitrogen and oxygen atoms in total. The number of benzene rings is 1. The van der Waals surface area contributed by atoms with Gasteiger partial charge in [-0.05, 0) is 57.4 Å². The molecule has 1 aromatic rings. The van der Waals surface area contributed by atoms with Crippen LogP contribution in [0.25, 0.3) is 0 Å². The number of hydrogen-bond acceptors (Lipinski definition) is 8. The highest BCUT2D eigenvalue weighted by Crippen LogP contribution is 2.46. The fourth-order valence-electron chi connectivity index (χ4n) is 5.51. The molecule has 1 saturated carbocycles. The van der Waals surface area contributed by atoms with Gasteiger partial charge in [0.15, 0.2) is 5.78 Å². The van der Waals surface area contributed by atoms with E-state index in [2.05, 4.69) is 5.32 Å². The fraction of sp³-hybridized carbons (Fsp3) is 0.500. The Hall–Kier alpha value is -3.49. The number of aryl methyl sites for hydroxylation is 1. The Balaban J connectivity index is 1.86. The van der Waals surface area contributed by atoms with E-state index in [9.17, 15) is 24.5 Å². The molecule has 1 aromatic carbocycles. The second-order valence-corrected chi connectivity index (χ2v) is 9.65. The number of nitrogens with zero attached hydrogens (tertiary/aromatic N) is 1. The number of rotatable bonds is 5. The van der Waals surface area contributed by atoms with Gasteiger partial charge in [0.25, 0.3) is 5.69 Å². The summed E-state index contributed by atoms with van der Waals surface area (Å²) in [6, 6.07) is 4.71. The number of carbonyl (C=O) groups is 3. The summed E-state index contributed by atoms with van der Waals surface area (Å²) in [5.41, 5.74) is 2.45. The summed E-state index contributed by atoms with van der Waals surface area (Å²) in [7, 11) is 1.24. The van der Waals surface area contributed by atoms with Crippen LogP contribution in [0.15, 0.2) is 40.7 Å². The number of ketones is 1. The van der Waals surface area contributed by atoms with E-state index in [1.807, 2.05) is 0 Å². The van der Waals surface area contributed by atoms with E-state index in [-0.39, 0.29) is 28.9 Å². The van der Waals surface area contributed by atoms with Crippen molar-refractivity contribution in [1.29, 1.82) is 0 Å². The van der Waals surface area contributed by atoms with Crippen molar-refractivity contribution in [1.82, 2.24) is 5.32 Å². The van der Waals surface area contributed by atoms with Gasteiger partial charge >= 0.3 is 11.9 Å². The summed E-state index contributed by atoms with van der Waals surface area (Å²) in [6.07, 6.45) is 3.72. The summed E-state index contributed by atoms with van der Waals surface area (Å²) in [5.74, 6) is -3.86. The Morgan fingerprint density at radius 1 is 1.17 bits per heavy atom. The normalized spacial score (nSPS) is 24.7.